The molecule has 1 saturated heterocycles. The fourth-order valence-electron chi connectivity index (χ4n) is 2.61. The Hall–Kier alpha value is -1.39. The van der Waals surface area contributed by atoms with Crippen LogP contribution < -0.4 is 0 Å². The van der Waals surface area contributed by atoms with E-state index in [0.717, 1.165) is 18.6 Å². The van der Waals surface area contributed by atoms with Gasteiger partial charge in [0.15, 0.2) is 0 Å². The molecule has 0 unspecified atom stereocenters. The smallest absolute Gasteiger partial charge is 0.241 e. The average Bonchev–Trinajstić information content (AvgIpc) is 2.70. The second kappa shape index (κ2) is 4.94. The van der Waals surface area contributed by atoms with Gasteiger partial charge in [-0.1, -0.05) is 25.9 Å². The second-order valence-electron chi connectivity index (χ2n) is 6.36. The Morgan fingerprint density at radius 3 is 2.63 bits per heavy atom. The largest absolute Gasteiger partial charge is 0.392 e. The van der Waals surface area contributed by atoms with Crippen molar-refractivity contribution in [2.45, 2.75) is 53.1 Å². The Morgan fingerprint density at radius 1 is 1.37 bits per heavy atom. The molecule has 5 nitrogen and oxygen atoms in total. The zero-order valence-corrected chi connectivity index (χ0v) is 12.1. The van der Waals surface area contributed by atoms with E-state index in [4.69, 9.17) is 4.84 Å². The molecule has 19 heavy (non-hydrogen) atoms. The van der Waals surface area contributed by atoms with E-state index in [1.807, 2.05) is 27.7 Å². The van der Waals surface area contributed by atoms with E-state index in [1.54, 1.807) is 0 Å². The van der Waals surface area contributed by atoms with Crippen molar-refractivity contribution in [2.24, 2.45) is 16.5 Å². The fourth-order valence-corrected chi connectivity index (χ4v) is 2.61. The SMILES string of the molecule is C[C@H]1ON=C(C(C)(C)C)[C@@H]1C(=O)N1CCCCC1=O. The number of piperidine rings is 1. The molecule has 0 bridgehead atoms. The molecule has 2 aliphatic rings. The summed E-state index contributed by atoms with van der Waals surface area (Å²) in [5.41, 5.74) is 0.507. The molecule has 0 saturated carbocycles. The van der Waals surface area contributed by atoms with Crippen LogP contribution in [-0.2, 0) is 14.4 Å². The number of carbonyl (C=O) groups excluding carboxylic acids is 2. The highest BCUT2D eigenvalue weighted by molar-refractivity contribution is 6.11. The molecular formula is C14H22N2O3. The van der Waals surface area contributed by atoms with Gasteiger partial charge in [0.1, 0.15) is 12.0 Å². The third kappa shape index (κ3) is 2.65. The van der Waals surface area contributed by atoms with E-state index in [2.05, 4.69) is 5.16 Å². The number of carbonyl (C=O) groups is 2. The van der Waals surface area contributed by atoms with Crippen LogP contribution in [0.1, 0.15) is 47.0 Å². The van der Waals surface area contributed by atoms with Crippen LogP contribution in [0.5, 0.6) is 0 Å². The van der Waals surface area contributed by atoms with E-state index < -0.39 is 5.92 Å². The van der Waals surface area contributed by atoms with Crippen molar-refractivity contribution < 1.29 is 14.4 Å². The highest BCUT2D eigenvalue weighted by Crippen LogP contribution is 2.32. The van der Waals surface area contributed by atoms with Crippen molar-refractivity contribution in [3.8, 4) is 0 Å². The van der Waals surface area contributed by atoms with Crippen LogP contribution in [0.4, 0.5) is 0 Å². The van der Waals surface area contributed by atoms with Crippen LogP contribution in [0.3, 0.4) is 0 Å². The first-order chi connectivity index (χ1) is 8.82. The fraction of sp³-hybridized carbons (Fsp3) is 0.786. The molecule has 1 fully saturated rings. The number of imide groups is 1. The standard InChI is InChI=1S/C14H22N2O3/c1-9-11(12(15-19-9)14(2,3)4)13(18)16-8-6-5-7-10(16)17/h9,11H,5-8H2,1-4H3/t9-,11-/m1/s1. The van der Waals surface area contributed by atoms with Gasteiger partial charge in [-0.25, -0.2) is 0 Å². The zero-order valence-electron chi connectivity index (χ0n) is 12.1. The normalized spacial score (nSPS) is 28.1. The molecule has 0 aromatic heterocycles. The molecule has 2 atom stereocenters. The number of hydrogen-bond donors (Lipinski definition) is 0. The van der Waals surface area contributed by atoms with Gasteiger partial charge in [0.25, 0.3) is 0 Å². The molecule has 2 aliphatic heterocycles. The van der Waals surface area contributed by atoms with Crippen LogP contribution in [0, 0.1) is 11.3 Å². The predicted octanol–water partition coefficient (Wildman–Crippen LogP) is 1.96. The quantitative estimate of drug-likeness (QED) is 0.682. The highest BCUT2D eigenvalue weighted by Gasteiger charge is 2.45. The van der Waals surface area contributed by atoms with Gasteiger partial charge in [0.2, 0.25) is 11.8 Å². The van der Waals surface area contributed by atoms with Gasteiger partial charge in [-0.3, -0.25) is 14.5 Å². The topological polar surface area (TPSA) is 59.0 Å². The minimum absolute atomic E-state index is 0.0661. The summed E-state index contributed by atoms with van der Waals surface area (Å²) in [5, 5.41) is 4.07. The maximum absolute atomic E-state index is 12.6. The van der Waals surface area contributed by atoms with E-state index in [1.165, 1.54) is 4.90 Å². The summed E-state index contributed by atoms with van der Waals surface area (Å²) in [6, 6.07) is 0. The monoisotopic (exact) mass is 266 g/mol. The molecule has 0 aliphatic carbocycles. The summed E-state index contributed by atoms with van der Waals surface area (Å²) in [6.07, 6.45) is 1.94. The van der Waals surface area contributed by atoms with Crippen LogP contribution in [0.2, 0.25) is 0 Å². The number of likely N-dealkylation sites (tertiary alicyclic amines) is 1. The Labute approximate surface area is 114 Å². The first kappa shape index (κ1) is 14.0. The van der Waals surface area contributed by atoms with E-state index in [-0.39, 0.29) is 23.3 Å². The molecule has 2 amide bonds. The van der Waals surface area contributed by atoms with Gasteiger partial charge in [0.05, 0.1) is 5.71 Å². The van der Waals surface area contributed by atoms with Crippen molar-refractivity contribution >= 4 is 17.5 Å². The van der Waals surface area contributed by atoms with E-state index in [9.17, 15) is 9.59 Å². The van der Waals surface area contributed by atoms with E-state index >= 15 is 0 Å². The lowest BCUT2D eigenvalue weighted by atomic mass is 9.80. The van der Waals surface area contributed by atoms with Crippen LogP contribution in [-0.4, -0.2) is 35.1 Å². The second-order valence-corrected chi connectivity index (χ2v) is 6.36. The van der Waals surface area contributed by atoms with E-state index in [0.29, 0.717) is 13.0 Å². The number of amides is 2. The third-order valence-corrected chi connectivity index (χ3v) is 3.71. The molecule has 2 heterocycles. The minimum atomic E-state index is -0.429. The average molecular weight is 266 g/mol. The van der Waals surface area contributed by atoms with Crippen LogP contribution >= 0.6 is 0 Å². The molecular weight excluding hydrogens is 244 g/mol. The molecule has 0 N–H and O–H groups in total. The lowest BCUT2D eigenvalue weighted by Gasteiger charge is -2.30. The number of nitrogens with zero attached hydrogens (tertiary/aromatic N) is 2. The zero-order chi connectivity index (χ0) is 14.2. The lowest BCUT2D eigenvalue weighted by molar-refractivity contribution is -0.149. The van der Waals surface area contributed by atoms with Crippen LogP contribution in [0.25, 0.3) is 0 Å². The van der Waals surface area contributed by atoms with Crippen LogP contribution in [0.15, 0.2) is 5.16 Å². The molecule has 0 spiro atoms. The van der Waals surface area contributed by atoms with Gasteiger partial charge in [-0.2, -0.15) is 0 Å². The summed E-state index contributed by atoms with van der Waals surface area (Å²) in [5.74, 6) is -0.644. The number of rotatable bonds is 1. The van der Waals surface area contributed by atoms with Crippen molar-refractivity contribution in [3.63, 3.8) is 0 Å². The maximum atomic E-state index is 12.6. The summed E-state index contributed by atoms with van der Waals surface area (Å²) in [6.45, 7) is 8.38. The van der Waals surface area contributed by atoms with Crippen molar-refractivity contribution in [1.29, 1.82) is 0 Å². The lowest BCUT2D eigenvalue weighted by Crippen LogP contribution is -2.49. The summed E-state index contributed by atoms with van der Waals surface area (Å²) >= 11 is 0. The van der Waals surface area contributed by atoms with Crippen molar-refractivity contribution in [3.05, 3.63) is 0 Å². The predicted molar refractivity (Wildman–Crippen MR) is 71.5 cm³/mol. The molecule has 2 rings (SSSR count). The Balaban J connectivity index is 2.21. The molecule has 106 valence electrons. The Kier molecular flexibility index (Phi) is 3.65. The third-order valence-electron chi connectivity index (χ3n) is 3.71. The Bertz CT molecular complexity index is 423. The molecule has 0 aromatic rings. The maximum Gasteiger partial charge on any atom is 0.241 e. The van der Waals surface area contributed by atoms with Crippen molar-refractivity contribution in [2.75, 3.05) is 6.54 Å². The van der Waals surface area contributed by atoms with Gasteiger partial charge in [-0.05, 0) is 19.8 Å². The first-order valence-corrected chi connectivity index (χ1v) is 6.91. The van der Waals surface area contributed by atoms with Gasteiger partial charge in [0, 0.05) is 18.4 Å². The van der Waals surface area contributed by atoms with Gasteiger partial charge >= 0.3 is 0 Å². The first-order valence-electron chi connectivity index (χ1n) is 6.91. The molecule has 0 aromatic carbocycles. The summed E-state index contributed by atoms with van der Waals surface area (Å²) in [4.78, 5) is 31.2. The highest BCUT2D eigenvalue weighted by atomic mass is 16.6. The summed E-state index contributed by atoms with van der Waals surface area (Å²) < 4.78 is 0. The Morgan fingerprint density at radius 2 is 2.05 bits per heavy atom. The number of hydrogen-bond acceptors (Lipinski definition) is 4. The van der Waals surface area contributed by atoms with Crippen molar-refractivity contribution in [1.82, 2.24) is 4.90 Å². The molecule has 5 heteroatoms. The number of oxime groups is 1. The molecule has 0 radical (unpaired) electrons. The van der Waals surface area contributed by atoms with Gasteiger partial charge in [-0.15, -0.1) is 0 Å². The minimum Gasteiger partial charge on any atom is -0.392 e. The van der Waals surface area contributed by atoms with Gasteiger partial charge < -0.3 is 4.84 Å². The summed E-state index contributed by atoms with van der Waals surface area (Å²) in [7, 11) is 0.